The van der Waals surface area contributed by atoms with E-state index in [4.69, 9.17) is 9.15 Å². The maximum absolute atomic E-state index is 5.49. The van der Waals surface area contributed by atoms with Gasteiger partial charge in [0, 0.05) is 6.07 Å². The first-order valence-electron chi connectivity index (χ1n) is 7.06. The van der Waals surface area contributed by atoms with Gasteiger partial charge in [-0.1, -0.05) is 18.9 Å². The molecule has 0 bridgehead atoms. The van der Waals surface area contributed by atoms with Gasteiger partial charge in [-0.25, -0.2) is 4.98 Å². The summed E-state index contributed by atoms with van der Waals surface area (Å²) in [5.41, 5.74) is 0.767. The Labute approximate surface area is 124 Å². The normalized spacial score (nSPS) is 10.9. The van der Waals surface area contributed by atoms with Gasteiger partial charge in [-0.3, -0.25) is 0 Å². The molecule has 21 heavy (non-hydrogen) atoms. The summed E-state index contributed by atoms with van der Waals surface area (Å²) >= 11 is 0. The molecule has 2 N–H and O–H groups in total. The molecule has 0 saturated heterocycles. The van der Waals surface area contributed by atoms with Gasteiger partial charge in [-0.2, -0.15) is 0 Å². The molecule has 0 aliphatic carbocycles. The summed E-state index contributed by atoms with van der Waals surface area (Å²) in [5, 5.41) is 14.2. The van der Waals surface area contributed by atoms with Crippen LogP contribution in [0.15, 0.2) is 22.7 Å². The molecule has 2 aromatic heterocycles. The summed E-state index contributed by atoms with van der Waals surface area (Å²) in [6.07, 6.45) is 1.66. The van der Waals surface area contributed by atoms with Crippen molar-refractivity contribution in [3.8, 4) is 5.88 Å². The zero-order chi connectivity index (χ0) is 15.1. The Kier molecular flexibility index (Phi) is 5.51. The predicted molar refractivity (Wildman–Crippen MR) is 79.5 cm³/mol. The predicted octanol–water partition coefficient (Wildman–Crippen LogP) is 2.35. The highest BCUT2D eigenvalue weighted by molar-refractivity contribution is 5.50. The van der Waals surface area contributed by atoms with Crippen molar-refractivity contribution in [2.75, 3.05) is 18.5 Å². The molecule has 0 unspecified atom stereocenters. The molecule has 0 amide bonds. The topological polar surface area (TPSA) is 85.1 Å². The molecular formula is C14H21N5O2. The van der Waals surface area contributed by atoms with E-state index in [0.29, 0.717) is 36.9 Å². The van der Waals surface area contributed by atoms with Crippen molar-refractivity contribution >= 4 is 11.7 Å². The van der Waals surface area contributed by atoms with Crippen LogP contribution >= 0.6 is 0 Å². The van der Waals surface area contributed by atoms with E-state index in [1.165, 1.54) is 0 Å². The second-order valence-corrected chi connectivity index (χ2v) is 4.97. The fraction of sp³-hybridized carbons (Fsp3) is 0.500. The number of nitrogens with one attached hydrogen (secondary N) is 2. The second kappa shape index (κ2) is 7.58. The zero-order valence-corrected chi connectivity index (χ0v) is 12.6. The number of rotatable bonds is 8. The van der Waals surface area contributed by atoms with Crippen molar-refractivity contribution in [2.24, 2.45) is 5.92 Å². The lowest BCUT2D eigenvalue weighted by Gasteiger charge is -2.04. The standard InChI is InChI=1S/C14H21N5O2/c1-4-20-12-6-5-11(8-16-12)17-14-19-18-13(21-14)9-15-7-10(2)3/h5-6,8,10,15H,4,7,9H2,1-3H3,(H,17,19). The van der Waals surface area contributed by atoms with E-state index in [1.54, 1.807) is 12.3 Å². The molecule has 0 atom stereocenters. The first-order valence-corrected chi connectivity index (χ1v) is 7.06. The van der Waals surface area contributed by atoms with E-state index in [9.17, 15) is 0 Å². The highest BCUT2D eigenvalue weighted by Crippen LogP contribution is 2.16. The molecule has 114 valence electrons. The average molecular weight is 291 g/mol. The van der Waals surface area contributed by atoms with Gasteiger partial charge in [0.25, 0.3) is 0 Å². The third-order valence-electron chi connectivity index (χ3n) is 2.58. The Bertz CT molecular complexity index is 539. The Morgan fingerprint density at radius 2 is 2.14 bits per heavy atom. The molecule has 0 fully saturated rings. The van der Waals surface area contributed by atoms with E-state index in [2.05, 4.69) is 39.7 Å². The molecule has 7 nitrogen and oxygen atoms in total. The lowest BCUT2D eigenvalue weighted by atomic mass is 10.2. The molecule has 0 spiro atoms. The second-order valence-electron chi connectivity index (χ2n) is 4.97. The summed E-state index contributed by atoms with van der Waals surface area (Å²) in [5.74, 6) is 1.73. The van der Waals surface area contributed by atoms with Crippen LogP contribution in [0.5, 0.6) is 5.88 Å². The van der Waals surface area contributed by atoms with Crippen LogP contribution in [0.2, 0.25) is 0 Å². The van der Waals surface area contributed by atoms with Crippen LogP contribution in [0.25, 0.3) is 0 Å². The quantitative estimate of drug-likeness (QED) is 0.772. The summed E-state index contributed by atoms with van der Waals surface area (Å²) in [7, 11) is 0. The highest BCUT2D eigenvalue weighted by atomic mass is 16.5. The summed E-state index contributed by atoms with van der Waals surface area (Å²) < 4.78 is 10.8. The Morgan fingerprint density at radius 1 is 1.29 bits per heavy atom. The van der Waals surface area contributed by atoms with Crippen LogP contribution in [0.4, 0.5) is 11.7 Å². The van der Waals surface area contributed by atoms with Crippen LogP contribution in [-0.2, 0) is 6.54 Å². The van der Waals surface area contributed by atoms with E-state index in [1.807, 2.05) is 13.0 Å². The highest BCUT2D eigenvalue weighted by Gasteiger charge is 2.06. The van der Waals surface area contributed by atoms with E-state index in [0.717, 1.165) is 12.2 Å². The van der Waals surface area contributed by atoms with Gasteiger partial charge in [0.15, 0.2) is 0 Å². The van der Waals surface area contributed by atoms with Crippen LogP contribution in [0.3, 0.4) is 0 Å². The lowest BCUT2D eigenvalue weighted by Crippen LogP contribution is -2.19. The molecule has 2 aromatic rings. The molecule has 2 heterocycles. The fourth-order valence-electron chi connectivity index (χ4n) is 1.65. The number of ether oxygens (including phenoxy) is 1. The number of aromatic nitrogens is 3. The number of anilines is 2. The van der Waals surface area contributed by atoms with Gasteiger partial charge in [-0.05, 0) is 25.5 Å². The van der Waals surface area contributed by atoms with Crippen molar-refractivity contribution in [2.45, 2.75) is 27.3 Å². The van der Waals surface area contributed by atoms with Gasteiger partial charge < -0.3 is 19.8 Å². The number of pyridine rings is 1. The Hall–Kier alpha value is -2.15. The summed E-state index contributed by atoms with van der Waals surface area (Å²) in [6.45, 7) is 8.28. The number of hydrogen-bond donors (Lipinski definition) is 2. The first-order chi connectivity index (χ1) is 10.2. The molecule has 7 heteroatoms. The number of nitrogens with zero attached hydrogens (tertiary/aromatic N) is 3. The third kappa shape index (κ3) is 5.03. The Morgan fingerprint density at radius 3 is 2.81 bits per heavy atom. The maximum atomic E-state index is 5.49. The van der Waals surface area contributed by atoms with Gasteiger partial charge in [0.05, 0.1) is 25.0 Å². The molecular weight excluding hydrogens is 270 g/mol. The van der Waals surface area contributed by atoms with Crippen LogP contribution in [0, 0.1) is 5.92 Å². The molecule has 2 rings (SSSR count). The van der Waals surface area contributed by atoms with Gasteiger partial charge in [0.2, 0.25) is 11.8 Å². The van der Waals surface area contributed by atoms with Crippen molar-refractivity contribution < 1.29 is 9.15 Å². The van der Waals surface area contributed by atoms with Gasteiger partial charge in [-0.15, -0.1) is 5.10 Å². The lowest BCUT2D eigenvalue weighted by molar-refractivity contribution is 0.327. The van der Waals surface area contributed by atoms with E-state index >= 15 is 0 Å². The largest absolute Gasteiger partial charge is 0.478 e. The van der Waals surface area contributed by atoms with Crippen molar-refractivity contribution in [3.05, 3.63) is 24.2 Å². The van der Waals surface area contributed by atoms with Crippen molar-refractivity contribution in [1.29, 1.82) is 0 Å². The minimum Gasteiger partial charge on any atom is -0.478 e. The van der Waals surface area contributed by atoms with E-state index < -0.39 is 0 Å². The SMILES string of the molecule is CCOc1ccc(Nc2nnc(CNCC(C)C)o2)cn1. The summed E-state index contributed by atoms with van der Waals surface area (Å²) in [4.78, 5) is 4.15. The zero-order valence-electron chi connectivity index (χ0n) is 12.6. The van der Waals surface area contributed by atoms with Crippen LogP contribution < -0.4 is 15.4 Å². The smallest absolute Gasteiger partial charge is 0.320 e. The maximum Gasteiger partial charge on any atom is 0.320 e. The third-order valence-corrected chi connectivity index (χ3v) is 2.58. The van der Waals surface area contributed by atoms with Crippen LogP contribution in [-0.4, -0.2) is 28.3 Å². The summed E-state index contributed by atoms with van der Waals surface area (Å²) in [6, 6.07) is 3.98. The van der Waals surface area contributed by atoms with Crippen molar-refractivity contribution in [3.63, 3.8) is 0 Å². The van der Waals surface area contributed by atoms with E-state index in [-0.39, 0.29) is 0 Å². The number of hydrogen-bond acceptors (Lipinski definition) is 7. The fourth-order valence-corrected chi connectivity index (χ4v) is 1.65. The van der Waals surface area contributed by atoms with Gasteiger partial charge in [0.1, 0.15) is 0 Å². The monoisotopic (exact) mass is 291 g/mol. The molecule has 0 aromatic carbocycles. The van der Waals surface area contributed by atoms with Crippen LogP contribution in [0.1, 0.15) is 26.7 Å². The average Bonchev–Trinajstić information content (AvgIpc) is 2.88. The molecule has 0 radical (unpaired) electrons. The van der Waals surface area contributed by atoms with Gasteiger partial charge >= 0.3 is 6.01 Å². The Balaban J connectivity index is 1.86. The molecule has 0 aliphatic rings. The molecule has 0 saturated carbocycles. The molecule has 0 aliphatic heterocycles. The minimum absolute atomic E-state index is 0.349. The minimum atomic E-state index is 0.349. The first kappa shape index (κ1) is 15.2. The van der Waals surface area contributed by atoms with Crippen molar-refractivity contribution in [1.82, 2.24) is 20.5 Å².